The lowest BCUT2D eigenvalue weighted by Gasteiger charge is -2.19. The molecule has 1 saturated heterocycles. The molecule has 0 aliphatic carbocycles. The number of aromatic nitrogens is 4. The Kier molecular flexibility index (Phi) is 10.8. The Hall–Kier alpha value is -1.67. The number of imidazole rings is 1. The fourth-order valence-electron chi connectivity index (χ4n) is 3.48. The third kappa shape index (κ3) is 9.17. The molecule has 2 aromatic heterocycles. The minimum absolute atomic E-state index is 0.121. The fourth-order valence-corrected chi connectivity index (χ4v) is 6.75. The number of aliphatic hydroxyl groups excluding tert-OH is 2. The molecule has 2 aromatic rings. The van der Waals surface area contributed by atoms with Gasteiger partial charge in [0.1, 0.15) is 29.5 Å². The van der Waals surface area contributed by atoms with E-state index >= 15 is 0 Å². The Morgan fingerprint density at radius 2 is 1.90 bits per heavy atom. The van der Waals surface area contributed by atoms with Gasteiger partial charge in [0.2, 0.25) is 5.95 Å². The van der Waals surface area contributed by atoms with Crippen molar-refractivity contribution in [2.24, 2.45) is 10.7 Å². The van der Waals surface area contributed by atoms with Crippen molar-refractivity contribution in [2.75, 3.05) is 25.0 Å². The maximum Gasteiger partial charge on any atom is 0.490 e. The van der Waals surface area contributed by atoms with Crippen molar-refractivity contribution in [3.8, 4) is 0 Å². The third-order valence-electron chi connectivity index (χ3n) is 5.11. The van der Waals surface area contributed by atoms with Crippen LogP contribution in [0.15, 0.2) is 11.3 Å². The second kappa shape index (κ2) is 13.1. The average Bonchev–Trinajstić information content (AvgIpc) is 3.33. The lowest BCUT2D eigenvalue weighted by molar-refractivity contribution is -0.0503. The molecule has 10 N–H and O–H groups in total. The van der Waals surface area contributed by atoms with Crippen LogP contribution in [0.2, 0.25) is 0 Å². The lowest BCUT2D eigenvalue weighted by atomic mass is 10.1. The molecule has 226 valence electrons. The van der Waals surface area contributed by atoms with Crippen molar-refractivity contribution in [1.29, 1.82) is 0 Å². The maximum absolute atomic E-state index is 12.0. The zero-order chi connectivity index (χ0) is 29.9. The van der Waals surface area contributed by atoms with Crippen molar-refractivity contribution in [3.05, 3.63) is 11.0 Å². The Bertz CT molecular complexity index is 1430. The molecule has 3 heterocycles. The second-order valence-corrected chi connectivity index (χ2v) is 13.1. The van der Waals surface area contributed by atoms with Gasteiger partial charge in [-0.1, -0.05) is 12.2 Å². The fraction of sp³-hybridized carbons (Fsp3) is 0.625. The minimum atomic E-state index is -5.73. The molecular weight excluding hydrogens is 623 g/mol. The first-order valence-electron chi connectivity index (χ1n) is 11.3. The molecular formula is C16H28N7O13P3S. The van der Waals surface area contributed by atoms with E-state index in [0.29, 0.717) is 18.9 Å². The van der Waals surface area contributed by atoms with Crippen molar-refractivity contribution >= 4 is 58.6 Å². The molecule has 1 aliphatic rings. The topological polar surface area (TPSA) is 306 Å². The van der Waals surface area contributed by atoms with Gasteiger partial charge in [-0.25, -0.2) is 23.7 Å². The number of nitrogens with one attached hydrogen (secondary N) is 2. The van der Waals surface area contributed by atoms with E-state index in [9.17, 15) is 33.7 Å². The average molecular weight is 651 g/mol. The quantitative estimate of drug-likeness (QED) is 0.0427. The highest BCUT2D eigenvalue weighted by Crippen LogP contribution is 2.66. The summed E-state index contributed by atoms with van der Waals surface area (Å²) in [7, 11) is -16.8. The summed E-state index contributed by atoms with van der Waals surface area (Å²) in [6.07, 6.45) is -3.35. The molecule has 40 heavy (non-hydrogen) atoms. The van der Waals surface area contributed by atoms with E-state index in [-0.39, 0.29) is 21.8 Å². The number of rotatable bonds is 14. The normalized spacial score (nSPS) is 25.1. The Balaban J connectivity index is 1.68. The van der Waals surface area contributed by atoms with Gasteiger partial charge in [-0.05, 0) is 19.8 Å². The number of anilines is 1. The number of nitrogens with two attached hydrogens (primary N) is 1. The first-order valence-corrected chi connectivity index (χ1v) is 16.2. The van der Waals surface area contributed by atoms with Crippen LogP contribution < -0.4 is 11.1 Å². The lowest BCUT2D eigenvalue weighted by Crippen LogP contribution is -2.33. The van der Waals surface area contributed by atoms with Gasteiger partial charge in [-0.15, -0.1) is 0 Å². The Labute approximate surface area is 230 Å². The number of aliphatic hydroxyl groups is 2. The standard InChI is InChI=1S/C16H28N7O13P3S/c1-8(17)18-4-2-3-5-19-16-21-13-10(14(40)22-16)20-7-23(13)15-12(25)11(24)9(34-15)6-33-38(29,30)36-39(31,32)35-37(26,27)28/h7,9,11-12,15,24-25H,2-6H2,1H3,(H2,17,18)(H,29,30)(H,31,32)(H2,26,27,28)(H2,19,21,22,40)/t9-,11+,12?,15-/m1/s1. The summed E-state index contributed by atoms with van der Waals surface area (Å²) in [6.45, 7) is 1.81. The highest BCUT2D eigenvalue weighted by atomic mass is 32.1. The minimum Gasteiger partial charge on any atom is -0.388 e. The third-order valence-corrected chi connectivity index (χ3v) is 9.20. The van der Waals surface area contributed by atoms with Gasteiger partial charge in [-0.2, -0.15) is 8.62 Å². The SMILES string of the molecule is CC(N)=NCCCCNc1nc(=S)c2ncn([C@@H]3O[C@H](COP(=O)(O)OP(=O)(O)OP(=O)(O)O)[C@H](O)C3O)c2[nH]1. The van der Waals surface area contributed by atoms with Crippen LogP contribution >= 0.6 is 35.7 Å². The van der Waals surface area contributed by atoms with Crippen LogP contribution in [0.4, 0.5) is 5.95 Å². The predicted octanol–water partition coefficient (Wildman–Crippen LogP) is 0.0206. The maximum atomic E-state index is 12.0. The van der Waals surface area contributed by atoms with Gasteiger partial charge in [0.05, 0.1) is 18.8 Å². The molecule has 0 spiro atoms. The number of hydrogen-bond acceptors (Lipinski definition) is 14. The summed E-state index contributed by atoms with van der Waals surface area (Å²) in [6, 6.07) is 0. The van der Waals surface area contributed by atoms with E-state index < -0.39 is 54.6 Å². The van der Waals surface area contributed by atoms with Gasteiger partial charge < -0.3 is 50.6 Å². The summed E-state index contributed by atoms with van der Waals surface area (Å²) >= 11 is 5.29. The summed E-state index contributed by atoms with van der Waals surface area (Å²) in [5.74, 6) is 0.783. The van der Waals surface area contributed by atoms with Crippen molar-refractivity contribution < 1.29 is 61.4 Å². The summed E-state index contributed by atoms with van der Waals surface area (Å²) in [5, 5.41) is 24.1. The Morgan fingerprint density at radius 3 is 2.55 bits per heavy atom. The summed E-state index contributed by atoms with van der Waals surface area (Å²) in [5.41, 5.74) is 6.00. The van der Waals surface area contributed by atoms with Gasteiger partial charge >= 0.3 is 23.5 Å². The zero-order valence-corrected chi connectivity index (χ0v) is 24.1. The zero-order valence-electron chi connectivity index (χ0n) is 20.6. The van der Waals surface area contributed by atoms with Gasteiger partial charge in [0, 0.05) is 13.1 Å². The number of hydrogen-bond donors (Lipinski definition) is 9. The number of aliphatic imine (C=N–C) groups is 1. The first kappa shape index (κ1) is 32.8. The number of amidine groups is 1. The van der Waals surface area contributed by atoms with Crippen LogP contribution in [0.5, 0.6) is 0 Å². The van der Waals surface area contributed by atoms with Crippen LogP contribution in [0.3, 0.4) is 0 Å². The van der Waals surface area contributed by atoms with Crippen LogP contribution in [0.1, 0.15) is 26.0 Å². The van der Waals surface area contributed by atoms with Crippen LogP contribution in [-0.2, 0) is 31.6 Å². The number of phosphoric ester groups is 1. The number of H-pyrrole nitrogens is 1. The number of unbranched alkanes of at least 4 members (excludes halogenated alkanes) is 1. The molecule has 0 aromatic carbocycles. The second-order valence-electron chi connectivity index (χ2n) is 8.33. The number of ether oxygens (including phenoxy) is 1. The highest BCUT2D eigenvalue weighted by Gasteiger charge is 2.47. The largest absolute Gasteiger partial charge is 0.490 e. The van der Waals surface area contributed by atoms with Gasteiger partial charge in [-0.3, -0.25) is 14.1 Å². The van der Waals surface area contributed by atoms with Crippen LogP contribution in [0, 0.1) is 4.64 Å². The van der Waals surface area contributed by atoms with Gasteiger partial charge in [0.15, 0.2) is 10.9 Å². The van der Waals surface area contributed by atoms with E-state index in [1.165, 1.54) is 10.9 Å². The summed E-state index contributed by atoms with van der Waals surface area (Å²) < 4.78 is 52.9. The number of aromatic amines is 1. The molecule has 6 atom stereocenters. The molecule has 0 amide bonds. The van der Waals surface area contributed by atoms with E-state index in [0.717, 1.165) is 12.8 Å². The van der Waals surface area contributed by atoms with Gasteiger partial charge in [0.25, 0.3) is 0 Å². The monoisotopic (exact) mass is 651 g/mol. The molecule has 1 fully saturated rings. The van der Waals surface area contributed by atoms with Crippen molar-refractivity contribution in [1.82, 2.24) is 19.5 Å². The van der Waals surface area contributed by atoms with E-state index in [4.69, 9.17) is 32.5 Å². The predicted molar refractivity (Wildman–Crippen MR) is 138 cm³/mol. The van der Waals surface area contributed by atoms with Crippen molar-refractivity contribution in [3.63, 3.8) is 0 Å². The number of fused-ring (bicyclic) bond motifs is 1. The molecule has 0 bridgehead atoms. The van der Waals surface area contributed by atoms with Crippen LogP contribution in [-0.4, -0.2) is 93.1 Å². The Morgan fingerprint density at radius 1 is 1.20 bits per heavy atom. The number of phosphoric acid groups is 3. The first-order chi connectivity index (χ1) is 18.5. The molecule has 0 radical (unpaired) electrons. The number of nitrogens with zero attached hydrogens (tertiary/aromatic N) is 4. The van der Waals surface area contributed by atoms with E-state index in [2.05, 4.69) is 38.4 Å². The smallest absolute Gasteiger partial charge is 0.388 e. The molecule has 24 heteroatoms. The highest BCUT2D eigenvalue weighted by molar-refractivity contribution is 7.71. The summed E-state index contributed by atoms with van der Waals surface area (Å²) in [4.78, 5) is 51.5. The molecule has 0 saturated carbocycles. The van der Waals surface area contributed by atoms with Crippen molar-refractivity contribution in [2.45, 2.75) is 44.3 Å². The molecule has 3 unspecified atom stereocenters. The molecule has 1 aliphatic heterocycles. The molecule has 3 rings (SSSR count). The van der Waals surface area contributed by atoms with E-state index in [1.807, 2.05) is 0 Å². The van der Waals surface area contributed by atoms with Crippen LogP contribution in [0.25, 0.3) is 11.2 Å². The molecule has 20 nitrogen and oxygen atoms in total. The van der Waals surface area contributed by atoms with E-state index in [1.54, 1.807) is 6.92 Å².